The molecule has 7 heteroatoms. The van der Waals surface area contributed by atoms with Crippen molar-refractivity contribution in [3.63, 3.8) is 0 Å². The topological polar surface area (TPSA) is 72.6 Å². The van der Waals surface area contributed by atoms with Crippen LogP contribution in [0.5, 0.6) is 0 Å². The Morgan fingerprint density at radius 3 is 2.59 bits per heavy atom. The number of sulfonamides is 1. The van der Waals surface area contributed by atoms with E-state index in [1.165, 1.54) is 0 Å². The van der Waals surface area contributed by atoms with Gasteiger partial charge in [-0.2, -0.15) is 4.31 Å². The molecule has 1 heterocycles. The maximum absolute atomic E-state index is 12.0. The minimum absolute atomic E-state index is 0. The number of halogens is 1. The molecule has 104 valence electrons. The molecule has 1 rings (SSSR count). The molecule has 0 aliphatic carbocycles. The van der Waals surface area contributed by atoms with Gasteiger partial charge in [0.25, 0.3) is 0 Å². The summed E-state index contributed by atoms with van der Waals surface area (Å²) in [4.78, 5) is 0. The molecule has 2 unspecified atom stereocenters. The van der Waals surface area contributed by atoms with E-state index in [1.807, 2.05) is 13.8 Å². The first-order chi connectivity index (χ1) is 7.51. The number of rotatable bonds is 6. The molecule has 0 aromatic heterocycles. The van der Waals surface area contributed by atoms with Gasteiger partial charge < -0.3 is 10.5 Å². The molecule has 0 bridgehead atoms. The third-order valence-electron chi connectivity index (χ3n) is 2.98. The van der Waals surface area contributed by atoms with E-state index < -0.39 is 10.0 Å². The normalized spacial score (nSPS) is 25.8. The summed E-state index contributed by atoms with van der Waals surface area (Å²) >= 11 is 0. The molecule has 0 saturated carbocycles. The fourth-order valence-corrected chi connectivity index (χ4v) is 3.73. The third kappa shape index (κ3) is 4.71. The van der Waals surface area contributed by atoms with Gasteiger partial charge in [-0.1, -0.05) is 0 Å². The summed E-state index contributed by atoms with van der Waals surface area (Å²) in [5.41, 5.74) is 5.58. The molecular weight excluding hydrogens is 264 g/mol. The average Bonchev–Trinajstić information content (AvgIpc) is 2.60. The van der Waals surface area contributed by atoms with Crippen LogP contribution in [0.15, 0.2) is 0 Å². The second-order valence-electron chi connectivity index (χ2n) is 4.27. The van der Waals surface area contributed by atoms with Crippen LogP contribution >= 0.6 is 12.4 Å². The highest BCUT2D eigenvalue weighted by Gasteiger charge is 2.35. The number of nitrogens with zero attached hydrogens (tertiary/aromatic N) is 1. The average molecular weight is 287 g/mol. The monoisotopic (exact) mass is 286 g/mol. The van der Waals surface area contributed by atoms with Crippen LogP contribution in [0.1, 0.15) is 20.3 Å². The zero-order valence-corrected chi connectivity index (χ0v) is 12.1. The molecule has 0 aromatic carbocycles. The summed E-state index contributed by atoms with van der Waals surface area (Å²) in [6, 6.07) is 0.0696. The van der Waals surface area contributed by atoms with Crippen LogP contribution in [0.3, 0.4) is 0 Å². The Morgan fingerprint density at radius 1 is 1.47 bits per heavy atom. The van der Waals surface area contributed by atoms with Crippen molar-refractivity contribution < 1.29 is 13.2 Å². The fourth-order valence-electron chi connectivity index (χ4n) is 2.09. The predicted molar refractivity (Wildman–Crippen MR) is 70.9 cm³/mol. The largest absolute Gasteiger partial charge is 0.381 e. The quantitative estimate of drug-likeness (QED) is 0.720. The first-order valence-corrected chi connectivity index (χ1v) is 7.39. The predicted octanol–water partition coefficient (Wildman–Crippen LogP) is 0.444. The first kappa shape index (κ1) is 17.1. The second kappa shape index (κ2) is 7.53. The van der Waals surface area contributed by atoms with E-state index in [2.05, 4.69) is 0 Å². The van der Waals surface area contributed by atoms with Gasteiger partial charge in [-0.05, 0) is 32.7 Å². The molecule has 2 atom stereocenters. The highest BCUT2D eigenvalue weighted by molar-refractivity contribution is 7.89. The van der Waals surface area contributed by atoms with Crippen LogP contribution in [-0.4, -0.2) is 50.8 Å². The highest BCUT2D eigenvalue weighted by atomic mass is 35.5. The zero-order chi connectivity index (χ0) is 12.2. The van der Waals surface area contributed by atoms with Crippen LogP contribution in [0.2, 0.25) is 0 Å². The van der Waals surface area contributed by atoms with Gasteiger partial charge in [-0.3, -0.25) is 0 Å². The molecule has 5 nitrogen and oxygen atoms in total. The fraction of sp³-hybridized carbons (Fsp3) is 1.00. The minimum atomic E-state index is -3.17. The number of ether oxygens (including phenoxy) is 1. The number of hydrogen-bond donors (Lipinski definition) is 1. The van der Waals surface area contributed by atoms with Crippen molar-refractivity contribution in [2.45, 2.75) is 26.3 Å². The van der Waals surface area contributed by atoms with Crippen molar-refractivity contribution in [2.75, 3.05) is 32.1 Å². The summed E-state index contributed by atoms with van der Waals surface area (Å²) in [6.07, 6.45) is 0.865. The minimum Gasteiger partial charge on any atom is -0.381 e. The molecule has 0 aromatic rings. The second-order valence-corrected chi connectivity index (χ2v) is 6.31. The summed E-state index contributed by atoms with van der Waals surface area (Å²) in [5.74, 6) is 0.375. The van der Waals surface area contributed by atoms with Crippen LogP contribution in [0.25, 0.3) is 0 Å². The molecule has 2 N–H and O–H groups in total. The molecule has 0 spiro atoms. The molecule has 17 heavy (non-hydrogen) atoms. The molecule has 0 amide bonds. The molecular formula is C10H23ClN2O3S. The lowest BCUT2D eigenvalue weighted by molar-refractivity contribution is 0.162. The zero-order valence-electron chi connectivity index (χ0n) is 10.5. The lowest BCUT2D eigenvalue weighted by Gasteiger charge is -2.20. The third-order valence-corrected chi connectivity index (χ3v) is 4.89. The van der Waals surface area contributed by atoms with Crippen molar-refractivity contribution >= 4 is 22.4 Å². The van der Waals surface area contributed by atoms with E-state index in [0.29, 0.717) is 25.6 Å². The first-order valence-electron chi connectivity index (χ1n) is 5.78. The Bertz CT molecular complexity index is 311. The maximum atomic E-state index is 12.0. The van der Waals surface area contributed by atoms with Crippen molar-refractivity contribution in [3.05, 3.63) is 0 Å². The van der Waals surface area contributed by atoms with E-state index in [9.17, 15) is 8.42 Å². The van der Waals surface area contributed by atoms with Crippen molar-refractivity contribution in [2.24, 2.45) is 11.7 Å². The van der Waals surface area contributed by atoms with Gasteiger partial charge in [0.15, 0.2) is 0 Å². The highest BCUT2D eigenvalue weighted by Crippen LogP contribution is 2.25. The molecule has 1 fully saturated rings. The van der Waals surface area contributed by atoms with Gasteiger partial charge in [-0.15, -0.1) is 12.4 Å². The lowest BCUT2D eigenvalue weighted by atomic mass is 10.1. The summed E-state index contributed by atoms with van der Waals surface area (Å²) < 4.78 is 30.6. The molecule has 0 radical (unpaired) electrons. The maximum Gasteiger partial charge on any atom is 0.216 e. The van der Waals surface area contributed by atoms with E-state index in [4.69, 9.17) is 10.5 Å². The van der Waals surface area contributed by atoms with Crippen molar-refractivity contribution in [1.82, 2.24) is 4.31 Å². The molecule has 1 aliphatic heterocycles. The Labute approximate surface area is 110 Å². The van der Waals surface area contributed by atoms with E-state index in [-0.39, 0.29) is 30.8 Å². The van der Waals surface area contributed by atoms with E-state index in [0.717, 1.165) is 6.42 Å². The van der Waals surface area contributed by atoms with Gasteiger partial charge in [0, 0.05) is 19.2 Å². The lowest BCUT2D eigenvalue weighted by Crippen LogP contribution is -2.37. The van der Waals surface area contributed by atoms with Crippen LogP contribution in [0.4, 0.5) is 0 Å². The van der Waals surface area contributed by atoms with E-state index in [1.54, 1.807) is 4.31 Å². The molecule has 1 saturated heterocycles. The standard InChI is InChI=1S/C10H22N2O3S.ClH/c1-3-15-4-5-16(13,14)12-8-10(7-11)6-9(12)2;/h9-10H,3-8,11H2,1-2H3;1H. The SMILES string of the molecule is CCOCCS(=O)(=O)N1CC(CN)CC1C.Cl. The number of hydrogen-bond acceptors (Lipinski definition) is 4. The van der Waals surface area contributed by atoms with Gasteiger partial charge in [0.1, 0.15) is 0 Å². The van der Waals surface area contributed by atoms with E-state index >= 15 is 0 Å². The number of nitrogens with two attached hydrogens (primary N) is 1. The Morgan fingerprint density at radius 2 is 2.12 bits per heavy atom. The van der Waals surface area contributed by atoms with Gasteiger partial charge in [0.05, 0.1) is 12.4 Å². The van der Waals surface area contributed by atoms with Crippen molar-refractivity contribution in [3.8, 4) is 0 Å². The van der Waals surface area contributed by atoms with Gasteiger partial charge >= 0.3 is 0 Å². The van der Waals surface area contributed by atoms with Crippen LogP contribution in [-0.2, 0) is 14.8 Å². The Kier molecular flexibility index (Phi) is 7.58. The summed E-state index contributed by atoms with van der Waals surface area (Å²) in [6.45, 7) is 5.74. The summed E-state index contributed by atoms with van der Waals surface area (Å²) in [5, 5.41) is 0. The Hall–Kier alpha value is 0.120. The molecule has 1 aliphatic rings. The van der Waals surface area contributed by atoms with Crippen LogP contribution in [0, 0.1) is 5.92 Å². The van der Waals surface area contributed by atoms with Gasteiger partial charge in [0.2, 0.25) is 10.0 Å². The van der Waals surface area contributed by atoms with Crippen LogP contribution < -0.4 is 5.73 Å². The smallest absolute Gasteiger partial charge is 0.216 e. The Balaban J connectivity index is 0.00000256. The van der Waals surface area contributed by atoms with Gasteiger partial charge in [-0.25, -0.2) is 8.42 Å². The van der Waals surface area contributed by atoms with Crippen molar-refractivity contribution in [1.29, 1.82) is 0 Å². The summed E-state index contributed by atoms with van der Waals surface area (Å²) in [7, 11) is -3.17.